The highest BCUT2D eigenvalue weighted by atomic mass is 28.4. The lowest BCUT2D eigenvalue weighted by Crippen LogP contribution is -2.38. The Morgan fingerprint density at radius 2 is 1.81 bits per heavy atom. The molecule has 1 unspecified atom stereocenters. The molecule has 4 nitrogen and oxygen atoms in total. The summed E-state index contributed by atoms with van der Waals surface area (Å²) in [4.78, 5) is 0. The van der Waals surface area contributed by atoms with E-state index in [4.69, 9.17) is 18.7 Å². The highest BCUT2D eigenvalue weighted by Crippen LogP contribution is 2.15. The van der Waals surface area contributed by atoms with Crippen molar-refractivity contribution in [2.75, 3.05) is 26.4 Å². The smallest absolute Gasteiger partial charge is 0.334 e. The van der Waals surface area contributed by atoms with Crippen LogP contribution in [0.5, 0.6) is 0 Å². The van der Waals surface area contributed by atoms with Crippen LogP contribution in [0.25, 0.3) is 0 Å². The Hall–Kier alpha value is 0.0569. The molecule has 0 aromatic heterocycles. The van der Waals surface area contributed by atoms with E-state index < -0.39 is 14.7 Å². The van der Waals surface area contributed by atoms with Gasteiger partial charge in [-0.15, -0.1) is 0 Å². The van der Waals surface area contributed by atoms with Gasteiger partial charge in [0.25, 0.3) is 0 Å². The van der Waals surface area contributed by atoms with E-state index in [-0.39, 0.29) is 0 Å². The summed E-state index contributed by atoms with van der Waals surface area (Å²) in [5.74, 6) is 0. The van der Waals surface area contributed by atoms with Crippen molar-refractivity contribution in [3.05, 3.63) is 6.92 Å². The average Bonchev–Trinajstić information content (AvgIpc) is 2.17. The highest BCUT2D eigenvalue weighted by molar-refractivity contribution is 6.66. The molecule has 0 bridgehead atoms. The maximum atomic E-state index is 8.90. The van der Waals surface area contributed by atoms with Crippen molar-refractivity contribution in [1.29, 1.82) is 0 Å². The molecular formula is C11H25O4Si. The first kappa shape index (κ1) is 16.1. The Labute approximate surface area is 100 Å². The molecule has 0 spiro atoms. The largest absolute Gasteiger partial charge is 0.395 e. The fourth-order valence-corrected chi connectivity index (χ4v) is 3.89. The van der Waals surface area contributed by atoms with E-state index in [1.807, 2.05) is 13.8 Å². The number of ether oxygens (including phenoxy) is 1. The molecule has 0 rings (SSSR count). The highest BCUT2D eigenvalue weighted by Gasteiger charge is 2.29. The van der Waals surface area contributed by atoms with Crippen molar-refractivity contribution in [3.63, 3.8) is 0 Å². The van der Waals surface area contributed by atoms with Crippen molar-refractivity contribution in [2.45, 2.75) is 39.0 Å². The molecule has 1 N–H and O–H groups in total. The van der Waals surface area contributed by atoms with Gasteiger partial charge in [0, 0.05) is 19.8 Å². The molecule has 5 heteroatoms. The van der Waals surface area contributed by atoms with Crippen LogP contribution in [0.4, 0.5) is 0 Å². The van der Waals surface area contributed by atoms with Gasteiger partial charge in [-0.2, -0.15) is 0 Å². The average molecular weight is 249 g/mol. The van der Waals surface area contributed by atoms with E-state index >= 15 is 0 Å². The Morgan fingerprint density at radius 1 is 1.25 bits per heavy atom. The number of aliphatic hydroxyl groups is 1. The summed E-state index contributed by atoms with van der Waals surface area (Å²) in [6.07, 6.45) is 0.262. The van der Waals surface area contributed by atoms with Gasteiger partial charge >= 0.3 is 8.56 Å². The maximum Gasteiger partial charge on any atom is 0.334 e. The van der Waals surface area contributed by atoms with E-state index in [1.54, 1.807) is 0 Å². The van der Waals surface area contributed by atoms with Crippen LogP contribution in [0.3, 0.4) is 0 Å². The van der Waals surface area contributed by atoms with Gasteiger partial charge in [-0.1, -0.05) is 0 Å². The first-order valence-electron chi connectivity index (χ1n) is 5.91. The van der Waals surface area contributed by atoms with Crippen molar-refractivity contribution in [1.82, 2.24) is 0 Å². The lowest BCUT2D eigenvalue weighted by Gasteiger charge is -2.25. The second-order valence-electron chi connectivity index (χ2n) is 3.83. The van der Waals surface area contributed by atoms with E-state index in [9.17, 15) is 0 Å². The van der Waals surface area contributed by atoms with Crippen LogP contribution in [0.2, 0.25) is 12.6 Å². The van der Waals surface area contributed by atoms with Crippen LogP contribution in [0, 0.1) is 6.92 Å². The van der Waals surface area contributed by atoms with Gasteiger partial charge in [0.05, 0.1) is 12.7 Å². The summed E-state index contributed by atoms with van der Waals surface area (Å²) >= 11 is 0. The SMILES string of the molecule is [CH2]C(O)COCCC[Si](C)(OCC)OCC. The van der Waals surface area contributed by atoms with Crippen LogP contribution >= 0.6 is 0 Å². The van der Waals surface area contributed by atoms with E-state index in [2.05, 4.69) is 13.5 Å². The van der Waals surface area contributed by atoms with E-state index in [1.165, 1.54) is 0 Å². The third-order valence-electron chi connectivity index (χ3n) is 2.13. The second kappa shape index (κ2) is 9.12. The fraction of sp³-hybridized carbons (Fsp3) is 0.909. The van der Waals surface area contributed by atoms with Crippen molar-refractivity contribution in [3.8, 4) is 0 Å². The molecule has 0 aliphatic rings. The number of hydrogen-bond donors (Lipinski definition) is 1. The molecule has 0 aromatic rings. The lowest BCUT2D eigenvalue weighted by atomic mass is 10.4. The van der Waals surface area contributed by atoms with Crippen LogP contribution in [0.1, 0.15) is 20.3 Å². The third kappa shape index (κ3) is 8.24. The zero-order valence-electron chi connectivity index (χ0n) is 10.7. The summed E-state index contributed by atoms with van der Waals surface area (Å²) in [7, 11) is -1.98. The molecule has 1 atom stereocenters. The van der Waals surface area contributed by atoms with Gasteiger partial charge in [0.1, 0.15) is 0 Å². The molecule has 0 heterocycles. The van der Waals surface area contributed by atoms with E-state index in [0.29, 0.717) is 26.4 Å². The molecule has 0 aromatic carbocycles. The molecular weight excluding hydrogens is 224 g/mol. The summed E-state index contributed by atoms with van der Waals surface area (Å²) in [6.45, 7) is 11.8. The van der Waals surface area contributed by atoms with Gasteiger partial charge in [-0.05, 0) is 39.8 Å². The Balaban J connectivity index is 3.67. The van der Waals surface area contributed by atoms with Crippen molar-refractivity contribution in [2.24, 2.45) is 0 Å². The number of rotatable bonds is 10. The molecule has 0 aliphatic carbocycles. The standard InChI is InChI=1S/C11H25O4Si/c1-5-14-16(4,15-6-2)9-7-8-13-10-11(3)12/h11-12H,3,5-10H2,1-2,4H3. The first-order chi connectivity index (χ1) is 7.54. The lowest BCUT2D eigenvalue weighted by molar-refractivity contribution is 0.0575. The second-order valence-corrected chi connectivity index (χ2v) is 7.18. The van der Waals surface area contributed by atoms with Gasteiger partial charge in [0.2, 0.25) is 0 Å². The minimum atomic E-state index is -1.98. The molecule has 0 saturated heterocycles. The Morgan fingerprint density at radius 3 is 2.25 bits per heavy atom. The Bertz CT molecular complexity index is 158. The third-order valence-corrected chi connectivity index (χ3v) is 5.19. The summed E-state index contributed by atoms with van der Waals surface area (Å²) in [5, 5.41) is 8.90. The molecule has 0 amide bonds. The molecule has 97 valence electrons. The number of aliphatic hydroxyl groups excluding tert-OH is 1. The van der Waals surface area contributed by atoms with Crippen LogP contribution in [0.15, 0.2) is 0 Å². The minimum absolute atomic E-state index is 0.293. The quantitative estimate of drug-likeness (QED) is 0.473. The predicted molar refractivity (Wildman–Crippen MR) is 66.5 cm³/mol. The normalized spacial score (nSPS) is 14.1. The first-order valence-corrected chi connectivity index (χ1v) is 8.43. The monoisotopic (exact) mass is 249 g/mol. The van der Waals surface area contributed by atoms with Crippen molar-refractivity contribution >= 4 is 8.56 Å². The summed E-state index contributed by atoms with van der Waals surface area (Å²) in [6, 6.07) is 0.919. The van der Waals surface area contributed by atoms with E-state index in [0.717, 1.165) is 12.5 Å². The summed E-state index contributed by atoms with van der Waals surface area (Å²) < 4.78 is 16.6. The van der Waals surface area contributed by atoms with Gasteiger partial charge in [0.15, 0.2) is 0 Å². The Kier molecular flexibility index (Phi) is 9.16. The molecule has 1 radical (unpaired) electrons. The zero-order chi connectivity index (χ0) is 12.4. The molecule has 0 fully saturated rings. The number of hydrogen-bond acceptors (Lipinski definition) is 4. The maximum absolute atomic E-state index is 8.90. The predicted octanol–water partition coefficient (Wildman–Crippen LogP) is 1.73. The molecule has 0 saturated carbocycles. The summed E-state index contributed by atoms with van der Waals surface area (Å²) in [5.41, 5.74) is 0. The molecule has 16 heavy (non-hydrogen) atoms. The topological polar surface area (TPSA) is 47.9 Å². The van der Waals surface area contributed by atoms with Crippen LogP contribution in [-0.4, -0.2) is 46.2 Å². The van der Waals surface area contributed by atoms with Crippen LogP contribution < -0.4 is 0 Å². The van der Waals surface area contributed by atoms with Crippen LogP contribution in [-0.2, 0) is 13.6 Å². The van der Waals surface area contributed by atoms with Gasteiger partial charge in [-0.3, -0.25) is 0 Å². The zero-order valence-corrected chi connectivity index (χ0v) is 11.7. The van der Waals surface area contributed by atoms with Gasteiger partial charge < -0.3 is 18.7 Å². The van der Waals surface area contributed by atoms with Crippen molar-refractivity contribution < 1.29 is 18.7 Å². The molecule has 0 aliphatic heterocycles. The van der Waals surface area contributed by atoms with Gasteiger partial charge in [-0.25, -0.2) is 0 Å². The fourth-order valence-electron chi connectivity index (χ4n) is 1.51. The minimum Gasteiger partial charge on any atom is -0.395 e.